The van der Waals surface area contributed by atoms with Crippen LogP contribution in [-0.4, -0.2) is 59.9 Å². The van der Waals surface area contributed by atoms with E-state index in [2.05, 4.69) is 16.0 Å². The number of amides is 3. The third-order valence-corrected chi connectivity index (χ3v) is 4.82. The minimum atomic E-state index is -0.601. The monoisotopic (exact) mass is 482 g/mol. The average Bonchev–Trinajstić information content (AvgIpc) is 2.68. The molecule has 0 aromatic heterocycles. The summed E-state index contributed by atoms with van der Waals surface area (Å²) in [6.07, 6.45) is -0.965. The van der Waals surface area contributed by atoms with Crippen LogP contribution in [0.25, 0.3) is 0 Å². The number of ether oxygens (including phenoxy) is 2. The number of hydrogen-bond donors (Lipinski definition) is 3. The number of halogens is 1. The van der Waals surface area contributed by atoms with E-state index < -0.39 is 29.4 Å². The third kappa shape index (κ3) is 9.47. The fraction of sp³-hybridized carbons (Fsp3) is 0.609. The fourth-order valence-electron chi connectivity index (χ4n) is 3.14. The van der Waals surface area contributed by atoms with Crippen molar-refractivity contribution in [2.24, 2.45) is 0 Å². The maximum atomic E-state index is 12.8. The molecule has 33 heavy (non-hydrogen) atoms. The maximum absolute atomic E-state index is 12.8. The minimum absolute atomic E-state index is 0.212. The van der Waals surface area contributed by atoms with Crippen molar-refractivity contribution in [3.05, 3.63) is 34.3 Å². The highest BCUT2D eigenvalue weighted by Gasteiger charge is 2.30. The summed E-state index contributed by atoms with van der Waals surface area (Å²) in [6.45, 7) is 12.4. The van der Waals surface area contributed by atoms with Crippen LogP contribution in [0.1, 0.15) is 52.7 Å². The van der Waals surface area contributed by atoms with Crippen molar-refractivity contribution in [1.82, 2.24) is 20.9 Å². The Morgan fingerprint density at radius 1 is 1.03 bits per heavy atom. The second-order valence-electron chi connectivity index (χ2n) is 9.92. The number of carbonyl (C=O) groups excluding carboxylic acids is 3. The number of carbonyl (C=O) groups is 3. The zero-order valence-electron chi connectivity index (χ0n) is 20.2. The number of nitrogens with zero attached hydrogens (tertiary/aromatic N) is 1. The van der Waals surface area contributed by atoms with E-state index >= 15 is 0 Å². The van der Waals surface area contributed by atoms with Gasteiger partial charge in [0.1, 0.15) is 17.2 Å². The van der Waals surface area contributed by atoms with Crippen molar-refractivity contribution in [3.63, 3.8) is 0 Å². The Kier molecular flexibility index (Phi) is 8.97. The number of alkyl carbamates (subject to hydrolysis) is 1. The predicted octanol–water partition coefficient (Wildman–Crippen LogP) is 3.19. The van der Waals surface area contributed by atoms with Gasteiger partial charge in [0.25, 0.3) is 0 Å². The van der Waals surface area contributed by atoms with Gasteiger partial charge in [-0.25, -0.2) is 9.59 Å². The summed E-state index contributed by atoms with van der Waals surface area (Å²) in [5, 5.41) is 9.25. The quantitative estimate of drug-likeness (QED) is 0.594. The normalized spacial score (nSPS) is 16.7. The first-order chi connectivity index (χ1) is 15.2. The highest BCUT2D eigenvalue weighted by molar-refractivity contribution is 6.30. The van der Waals surface area contributed by atoms with Gasteiger partial charge in [-0.2, -0.15) is 0 Å². The number of nitrogens with one attached hydrogen (secondary N) is 3. The van der Waals surface area contributed by atoms with Crippen molar-refractivity contribution < 1.29 is 23.9 Å². The van der Waals surface area contributed by atoms with Gasteiger partial charge in [-0.1, -0.05) is 17.7 Å². The van der Waals surface area contributed by atoms with Gasteiger partial charge in [0, 0.05) is 37.7 Å². The number of hydrogen-bond acceptors (Lipinski definition) is 6. The van der Waals surface area contributed by atoms with Gasteiger partial charge in [0.2, 0.25) is 5.91 Å². The van der Waals surface area contributed by atoms with E-state index in [1.165, 1.54) is 4.90 Å². The Morgan fingerprint density at radius 2 is 1.67 bits per heavy atom. The van der Waals surface area contributed by atoms with Gasteiger partial charge in [-0.15, -0.1) is 0 Å². The van der Waals surface area contributed by atoms with E-state index in [4.69, 9.17) is 21.1 Å². The molecule has 3 N–H and O–H groups in total. The lowest BCUT2D eigenvalue weighted by Crippen LogP contribution is -2.58. The lowest BCUT2D eigenvalue weighted by Gasteiger charge is -2.34. The van der Waals surface area contributed by atoms with E-state index in [1.807, 2.05) is 0 Å². The van der Waals surface area contributed by atoms with Crippen LogP contribution in [0, 0.1) is 0 Å². The summed E-state index contributed by atoms with van der Waals surface area (Å²) in [4.78, 5) is 38.6. The van der Waals surface area contributed by atoms with Gasteiger partial charge < -0.3 is 30.3 Å². The van der Waals surface area contributed by atoms with Crippen molar-refractivity contribution in [3.8, 4) is 0 Å². The summed E-state index contributed by atoms with van der Waals surface area (Å²) >= 11 is 6.14. The first kappa shape index (κ1) is 26.7. The third-order valence-electron chi connectivity index (χ3n) is 4.59. The van der Waals surface area contributed by atoms with Crippen LogP contribution in [0.5, 0.6) is 0 Å². The van der Waals surface area contributed by atoms with Crippen LogP contribution in [0.15, 0.2) is 18.2 Å². The number of benzene rings is 1. The molecule has 184 valence electrons. The van der Waals surface area contributed by atoms with Crippen LogP contribution in [0.3, 0.4) is 0 Å². The molecular formula is C23H35ClN4O5. The Labute approximate surface area is 200 Å². The average molecular weight is 483 g/mol. The first-order valence-electron chi connectivity index (χ1n) is 11.0. The summed E-state index contributed by atoms with van der Waals surface area (Å²) < 4.78 is 10.7. The van der Waals surface area contributed by atoms with Crippen molar-refractivity contribution in [1.29, 1.82) is 0 Å². The van der Waals surface area contributed by atoms with E-state index in [0.717, 1.165) is 11.1 Å². The second kappa shape index (κ2) is 11.1. The summed E-state index contributed by atoms with van der Waals surface area (Å²) in [6, 6.07) is 4.70. The van der Waals surface area contributed by atoms with Crippen LogP contribution in [0.2, 0.25) is 5.02 Å². The van der Waals surface area contributed by atoms with Crippen molar-refractivity contribution in [2.75, 3.05) is 19.6 Å². The van der Waals surface area contributed by atoms with Crippen LogP contribution in [-0.2, 0) is 27.4 Å². The topological polar surface area (TPSA) is 109 Å². The van der Waals surface area contributed by atoms with Gasteiger partial charge in [0.15, 0.2) is 0 Å². The van der Waals surface area contributed by atoms with E-state index in [0.29, 0.717) is 18.1 Å². The largest absolute Gasteiger partial charge is 0.444 e. The Balaban J connectivity index is 1.95. The number of rotatable bonds is 5. The SMILES string of the molecule is CC(C)(C)OC(=O)NCc1ccc(Cl)cc1CNC(=O)C1CN(C(=O)OC(C)(C)C)CCN1. The standard InChI is InChI=1S/C23H35ClN4O5/c1-22(2,3)32-20(30)27-12-15-7-8-17(24)11-16(15)13-26-19(29)18-14-28(10-9-25-18)21(31)33-23(4,5)6/h7-8,11,18,25H,9-10,12-14H2,1-6H3,(H,26,29)(H,27,30). The number of piperazine rings is 1. The minimum Gasteiger partial charge on any atom is -0.444 e. The molecular weight excluding hydrogens is 448 g/mol. The highest BCUT2D eigenvalue weighted by atomic mass is 35.5. The Morgan fingerprint density at radius 3 is 2.30 bits per heavy atom. The smallest absolute Gasteiger partial charge is 0.410 e. The zero-order valence-corrected chi connectivity index (χ0v) is 21.0. The van der Waals surface area contributed by atoms with Crippen LogP contribution >= 0.6 is 11.6 Å². The van der Waals surface area contributed by atoms with Gasteiger partial charge >= 0.3 is 12.2 Å². The Hall–Kier alpha value is -2.52. The lowest BCUT2D eigenvalue weighted by molar-refractivity contribution is -0.124. The summed E-state index contributed by atoms with van der Waals surface area (Å²) in [7, 11) is 0. The van der Waals surface area contributed by atoms with Gasteiger partial charge in [0.05, 0.1) is 0 Å². The van der Waals surface area contributed by atoms with Crippen molar-refractivity contribution >= 4 is 29.7 Å². The van der Waals surface area contributed by atoms with Crippen LogP contribution < -0.4 is 16.0 Å². The fourth-order valence-corrected chi connectivity index (χ4v) is 3.33. The Bertz CT molecular complexity index is 863. The summed E-state index contributed by atoms with van der Waals surface area (Å²) in [5.41, 5.74) is 0.376. The van der Waals surface area contributed by atoms with E-state index in [9.17, 15) is 14.4 Å². The molecule has 1 saturated heterocycles. The lowest BCUT2D eigenvalue weighted by atomic mass is 10.1. The molecule has 0 saturated carbocycles. The molecule has 0 aliphatic carbocycles. The first-order valence-corrected chi connectivity index (χ1v) is 11.3. The molecule has 1 aromatic rings. The maximum Gasteiger partial charge on any atom is 0.410 e. The molecule has 1 heterocycles. The van der Waals surface area contributed by atoms with Crippen LogP contribution in [0.4, 0.5) is 9.59 Å². The predicted molar refractivity (Wildman–Crippen MR) is 126 cm³/mol. The molecule has 1 aliphatic rings. The molecule has 9 nitrogen and oxygen atoms in total. The van der Waals surface area contributed by atoms with Gasteiger partial charge in [-0.05, 0) is 64.8 Å². The molecule has 1 fully saturated rings. The molecule has 0 bridgehead atoms. The van der Waals surface area contributed by atoms with Gasteiger partial charge in [-0.3, -0.25) is 4.79 Å². The molecule has 2 rings (SSSR count). The molecule has 1 aliphatic heterocycles. The van der Waals surface area contributed by atoms with E-state index in [-0.39, 0.29) is 25.5 Å². The molecule has 3 amide bonds. The molecule has 0 spiro atoms. The van der Waals surface area contributed by atoms with Crippen molar-refractivity contribution in [2.45, 2.75) is 71.9 Å². The summed E-state index contributed by atoms with van der Waals surface area (Å²) in [5.74, 6) is -0.241. The zero-order chi connectivity index (χ0) is 24.8. The molecule has 1 atom stereocenters. The molecule has 0 radical (unpaired) electrons. The highest BCUT2D eigenvalue weighted by Crippen LogP contribution is 2.17. The second-order valence-corrected chi connectivity index (χ2v) is 10.4. The van der Waals surface area contributed by atoms with E-state index in [1.54, 1.807) is 59.7 Å². The molecule has 1 aromatic carbocycles. The molecule has 1 unspecified atom stereocenters. The molecule has 10 heteroatoms.